The molecule has 0 aromatic carbocycles. The molecule has 3 atom stereocenters. The minimum absolute atomic E-state index is 0.0804. The summed E-state index contributed by atoms with van der Waals surface area (Å²) < 4.78 is 11.4. The minimum Gasteiger partial charge on any atom is -0.441 e. The molecule has 1 N–H and O–H groups in total. The number of hydrogen-bond donors (Lipinski definition) is 1. The predicted molar refractivity (Wildman–Crippen MR) is 79.5 cm³/mol. The highest BCUT2D eigenvalue weighted by Gasteiger charge is 2.49. The first kappa shape index (κ1) is 17.2. The van der Waals surface area contributed by atoms with Crippen molar-refractivity contribution < 1.29 is 18.8 Å². The lowest BCUT2D eigenvalue weighted by Gasteiger charge is -2.44. The maximum atomic E-state index is 11.7. The van der Waals surface area contributed by atoms with E-state index >= 15 is 0 Å². The third-order valence-corrected chi connectivity index (χ3v) is 8.83. The van der Waals surface area contributed by atoms with Crippen LogP contribution in [-0.2, 0) is 18.8 Å². The van der Waals surface area contributed by atoms with Crippen LogP contribution in [-0.4, -0.2) is 32.5 Å². The van der Waals surface area contributed by atoms with E-state index in [0.29, 0.717) is 6.42 Å². The Labute approximate surface area is 122 Å². The lowest BCUT2D eigenvalue weighted by Crippen LogP contribution is -2.65. The fraction of sp³-hybridized carbons (Fsp3) is 0.857. The van der Waals surface area contributed by atoms with Crippen LogP contribution in [0.4, 0.5) is 0 Å². The van der Waals surface area contributed by atoms with Gasteiger partial charge in [-0.15, -0.1) is 0 Å². The molecule has 1 unspecified atom stereocenters. The van der Waals surface area contributed by atoms with E-state index in [-0.39, 0.29) is 23.0 Å². The number of rotatable bonds is 5. The van der Waals surface area contributed by atoms with Crippen molar-refractivity contribution >= 4 is 20.2 Å². The molecule has 0 spiro atoms. The number of β-lactam (4-membered cyclic amide) rings is 1. The molecule has 6 heteroatoms. The van der Waals surface area contributed by atoms with Crippen LogP contribution in [0, 0.1) is 5.92 Å². The van der Waals surface area contributed by atoms with Crippen LogP contribution in [0.5, 0.6) is 0 Å². The van der Waals surface area contributed by atoms with Crippen molar-refractivity contribution in [2.75, 3.05) is 0 Å². The van der Waals surface area contributed by atoms with E-state index in [1.54, 1.807) is 6.92 Å². The first-order valence-electron chi connectivity index (χ1n) is 7.17. The molecule has 1 fully saturated rings. The van der Waals surface area contributed by atoms with E-state index in [1.807, 2.05) is 6.92 Å². The van der Waals surface area contributed by atoms with Gasteiger partial charge >= 0.3 is 5.97 Å². The Balaban J connectivity index is 2.68. The van der Waals surface area contributed by atoms with Crippen molar-refractivity contribution in [1.82, 2.24) is 5.32 Å². The lowest BCUT2D eigenvalue weighted by atomic mass is 9.93. The Morgan fingerprint density at radius 2 is 1.95 bits per heavy atom. The Morgan fingerprint density at radius 3 is 2.35 bits per heavy atom. The van der Waals surface area contributed by atoms with Gasteiger partial charge in [0.2, 0.25) is 5.91 Å². The lowest BCUT2D eigenvalue weighted by molar-refractivity contribution is -0.174. The Morgan fingerprint density at radius 1 is 1.40 bits per heavy atom. The number of esters is 1. The highest BCUT2D eigenvalue weighted by Crippen LogP contribution is 2.39. The molecule has 20 heavy (non-hydrogen) atoms. The van der Waals surface area contributed by atoms with E-state index in [1.165, 1.54) is 0 Å². The molecule has 116 valence electrons. The van der Waals surface area contributed by atoms with Crippen LogP contribution in [0.25, 0.3) is 0 Å². The standard InChI is InChI=1S/C14H27NO4Si/c1-8-10(16)18-13-11(12(17)15-13)9(2)19-20(6,7)14(3,4)5/h9,11,13H,8H2,1-7H3,(H,15,17)/t9?,11-,13+/m0/s1. The SMILES string of the molecule is CCC(=O)O[C@H]1NC(=O)[C@@H]1C(C)O[Si](C)(C)C(C)(C)C. The smallest absolute Gasteiger partial charge is 0.307 e. The zero-order valence-electron chi connectivity index (χ0n) is 13.6. The van der Waals surface area contributed by atoms with Gasteiger partial charge < -0.3 is 14.5 Å². The molecule has 1 heterocycles. The van der Waals surface area contributed by atoms with Gasteiger partial charge in [0.15, 0.2) is 14.5 Å². The van der Waals surface area contributed by atoms with E-state index in [0.717, 1.165) is 0 Å². The summed E-state index contributed by atoms with van der Waals surface area (Å²) in [5.74, 6) is -0.815. The van der Waals surface area contributed by atoms with Crippen LogP contribution in [0.3, 0.4) is 0 Å². The summed E-state index contributed by atoms with van der Waals surface area (Å²) in [7, 11) is -1.94. The van der Waals surface area contributed by atoms with Gasteiger partial charge in [-0.2, -0.15) is 0 Å². The summed E-state index contributed by atoms with van der Waals surface area (Å²) in [6, 6.07) is 0. The van der Waals surface area contributed by atoms with Gasteiger partial charge in [0, 0.05) is 6.42 Å². The minimum atomic E-state index is -1.94. The zero-order valence-corrected chi connectivity index (χ0v) is 14.6. The molecule has 5 nitrogen and oxygen atoms in total. The van der Waals surface area contributed by atoms with Crippen molar-refractivity contribution in [2.24, 2.45) is 5.92 Å². The average molecular weight is 301 g/mol. The van der Waals surface area contributed by atoms with Gasteiger partial charge in [-0.3, -0.25) is 9.59 Å². The second kappa shape index (κ2) is 5.85. The largest absolute Gasteiger partial charge is 0.441 e. The normalized spacial score (nSPS) is 24.6. The second-order valence-corrected chi connectivity index (χ2v) is 11.6. The Hall–Kier alpha value is -0.883. The maximum Gasteiger partial charge on any atom is 0.307 e. The van der Waals surface area contributed by atoms with Gasteiger partial charge in [-0.05, 0) is 25.1 Å². The summed E-state index contributed by atoms with van der Waals surface area (Å²) in [6.45, 7) is 14.4. The first-order chi connectivity index (χ1) is 8.99. The summed E-state index contributed by atoms with van der Waals surface area (Å²) in [5, 5.41) is 2.70. The van der Waals surface area contributed by atoms with Gasteiger partial charge in [0.1, 0.15) is 5.92 Å². The zero-order chi connectivity index (χ0) is 15.7. The Bertz CT molecular complexity index is 389. The molecule has 1 aliphatic heterocycles. The Kier molecular flexibility index (Phi) is 5.02. The molecule has 1 aliphatic rings. The maximum absolute atomic E-state index is 11.7. The highest BCUT2D eigenvalue weighted by molar-refractivity contribution is 6.74. The summed E-state index contributed by atoms with van der Waals surface area (Å²) in [5.41, 5.74) is 0. The molecule has 1 saturated heterocycles. The number of nitrogens with one attached hydrogen (secondary N) is 1. The fourth-order valence-electron chi connectivity index (χ4n) is 1.87. The van der Waals surface area contributed by atoms with E-state index in [9.17, 15) is 9.59 Å². The van der Waals surface area contributed by atoms with Crippen molar-refractivity contribution in [1.29, 1.82) is 0 Å². The quantitative estimate of drug-likeness (QED) is 0.481. The topological polar surface area (TPSA) is 64.6 Å². The monoisotopic (exact) mass is 301 g/mol. The molecule has 0 aliphatic carbocycles. The number of carbonyl (C=O) groups excluding carboxylic acids is 2. The number of carbonyl (C=O) groups is 2. The predicted octanol–water partition coefficient (Wildman–Crippen LogP) is 2.42. The first-order valence-corrected chi connectivity index (χ1v) is 10.1. The van der Waals surface area contributed by atoms with Crippen LogP contribution in [0.15, 0.2) is 0 Å². The number of ether oxygens (including phenoxy) is 1. The van der Waals surface area contributed by atoms with Crippen LogP contribution < -0.4 is 5.32 Å². The summed E-state index contributed by atoms with van der Waals surface area (Å²) in [4.78, 5) is 23.0. The van der Waals surface area contributed by atoms with Crippen molar-refractivity contribution in [3.63, 3.8) is 0 Å². The van der Waals surface area contributed by atoms with Crippen molar-refractivity contribution in [3.05, 3.63) is 0 Å². The van der Waals surface area contributed by atoms with E-state index < -0.39 is 20.5 Å². The van der Waals surface area contributed by atoms with Crippen molar-refractivity contribution in [2.45, 2.75) is 71.5 Å². The van der Waals surface area contributed by atoms with Crippen LogP contribution in [0.2, 0.25) is 18.1 Å². The van der Waals surface area contributed by atoms with Crippen molar-refractivity contribution in [3.8, 4) is 0 Å². The van der Waals surface area contributed by atoms with Crippen LogP contribution >= 0.6 is 0 Å². The molecule has 1 amide bonds. The van der Waals surface area contributed by atoms with Gasteiger partial charge in [0.25, 0.3) is 0 Å². The molecule has 0 aromatic rings. The van der Waals surface area contributed by atoms with E-state index in [4.69, 9.17) is 9.16 Å². The van der Waals surface area contributed by atoms with Gasteiger partial charge in [-0.25, -0.2) is 0 Å². The average Bonchev–Trinajstić information content (AvgIpc) is 2.25. The molecule has 0 bridgehead atoms. The molecular formula is C14H27NO4Si. The third-order valence-electron chi connectivity index (χ3n) is 4.25. The summed E-state index contributed by atoms with van der Waals surface area (Å²) >= 11 is 0. The molecule has 0 saturated carbocycles. The number of amides is 1. The van der Waals surface area contributed by atoms with E-state index in [2.05, 4.69) is 39.2 Å². The van der Waals surface area contributed by atoms with Gasteiger partial charge in [0.05, 0.1) is 6.10 Å². The fourth-order valence-corrected chi connectivity index (χ4v) is 3.30. The van der Waals surface area contributed by atoms with Crippen LogP contribution in [0.1, 0.15) is 41.0 Å². The molecular weight excluding hydrogens is 274 g/mol. The van der Waals surface area contributed by atoms with Gasteiger partial charge in [-0.1, -0.05) is 27.7 Å². The molecule has 0 aromatic heterocycles. The highest BCUT2D eigenvalue weighted by atomic mass is 28.4. The second-order valence-electron chi connectivity index (χ2n) is 6.88. The molecule has 0 radical (unpaired) electrons. The third kappa shape index (κ3) is 3.61. The molecule has 1 rings (SSSR count). The summed E-state index contributed by atoms with van der Waals surface area (Å²) in [6.07, 6.45) is -0.495. The number of hydrogen-bond acceptors (Lipinski definition) is 4.